The molecule has 0 unspecified atom stereocenters. The lowest BCUT2D eigenvalue weighted by Crippen LogP contribution is -2.04. The molecule has 0 aliphatic carbocycles. The molecule has 0 fully saturated rings. The number of aromatic hydroxyl groups is 1. The highest BCUT2D eigenvalue weighted by Gasteiger charge is 2.13. The lowest BCUT2D eigenvalue weighted by Gasteiger charge is -2.05. The Morgan fingerprint density at radius 2 is 2.20 bits per heavy atom. The van der Waals surface area contributed by atoms with Crippen molar-refractivity contribution in [1.29, 1.82) is 0 Å². The van der Waals surface area contributed by atoms with Crippen LogP contribution in [0.5, 0.6) is 11.5 Å². The Labute approximate surface area is 86.2 Å². The number of nitrogens with zero attached hydrogens (tertiary/aromatic N) is 1. The predicted octanol–water partition coefficient (Wildman–Crippen LogP) is 1.33. The number of rotatable bonds is 5. The summed E-state index contributed by atoms with van der Waals surface area (Å²) in [6.45, 7) is 0.701. The number of ether oxygens (including phenoxy) is 2. The van der Waals surface area contributed by atoms with Crippen LogP contribution in [0.4, 0.5) is 5.69 Å². The minimum absolute atomic E-state index is 0.304. The molecule has 0 atom stereocenters. The van der Waals surface area contributed by atoms with E-state index in [0.717, 1.165) is 0 Å². The van der Waals surface area contributed by atoms with Gasteiger partial charge in [0.25, 0.3) is 0 Å². The zero-order valence-electron chi connectivity index (χ0n) is 8.17. The zero-order valence-corrected chi connectivity index (χ0v) is 8.17. The summed E-state index contributed by atoms with van der Waals surface area (Å²) >= 11 is 0. The van der Waals surface area contributed by atoms with E-state index in [9.17, 15) is 10.1 Å². The number of nitro groups is 1. The summed E-state index contributed by atoms with van der Waals surface area (Å²) in [5, 5.41) is 19.6. The van der Waals surface area contributed by atoms with Crippen molar-refractivity contribution in [3.8, 4) is 11.5 Å². The van der Waals surface area contributed by atoms with Crippen LogP contribution >= 0.6 is 0 Å². The van der Waals surface area contributed by atoms with Crippen LogP contribution in [0, 0.1) is 10.1 Å². The average molecular weight is 213 g/mol. The van der Waals surface area contributed by atoms with Gasteiger partial charge in [0.05, 0.1) is 17.6 Å². The van der Waals surface area contributed by atoms with Gasteiger partial charge in [-0.1, -0.05) is 0 Å². The fourth-order valence-electron chi connectivity index (χ4n) is 0.982. The van der Waals surface area contributed by atoms with Gasteiger partial charge in [0.1, 0.15) is 12.4 Å². The molecule has 0 bridgehead atoms. The van der Waals surface area contributed by atoms with Crippen LogP contribution in [0.2, 0.25) is 0 Å². The molecule has 0 saturated carbocycles. The quantitative estimate of drug-likeness (QED) is 0.453. The Morgan fingerprint density at radius 1 is 1.47 bits per heavy atom. The predicted molar refractivity (Wildman–Crippen MR) is 52.1 cm³/mol. The standard InChI is InChI=1S/C9H11NO5/c1-14-4-5-15-7-2-3-9(11)8(6-7)10(12)13/h2-3,6,11H,4-5H2,1H3. The number of methoxy groups -OCH3 is 1. The van der Waals surface area contributed by atoms with Crippen molar-refractivity contribution >= 4 is 5.69 Å². The molecule has 0 radical (unpaired) electrons. The molecule has 1 aromatic carbocycles. The fraction of sp³-hybridized carbons (Fsp3) is 0.333. The van der Waals surface area contributed by atoms with Crippen molar-refractivity contribution < 1.29 is 19.5 Å². The van der Waals surface area contributed by atoms with Crippen molar-refractivity contribution in [2.45, 2.75) is 0 Å². The van der Waals surface area contributed by atoms with Crippen LogP contribution in [0.25, 0.3) is 0 Å². The second-order valence-electron chi connectivity index (χ2n) is 2.75. The number of hydrogen-bond donors (Lipinski definition) is 1. The Morgan fingerprint density at radius 3 is 2.80 bits per heavy atom. The van der Waals surface area contributed by atoms with E-state index in [1.165, 1.54) is 25.3 Å². The molecule has 0 heterocycles. The average Bonchev–Trinajstić information content (AvgIpc) is 2.20. The lowest BCUT2D eigenvalue weighted by atomic mass is 10.3. The number of phenolic OH excluding ortho intramolecular Hbond substituents is 1. The smallest absolute Gasteiger partial charge is 0.314 e. The van der Waals surface area contributed by atoms with E-state index in [-0.39, 0.29) is 11.4 Å². The summed E-state index contributed by atoms with van der Waals surface area (Å²) in [5.74, 6) is -0.0457. The maximum Gasteiger partial charge on any atom is 0.314 e. The van der Waals surface area contributed by atoms with Crippen molar-refractivity contribution in [3.63, 3.8) is 0 Å². The minimum atomic E-state index is -0.668. The Hall–Kier alpha value is -1.82. The molecule has 0 aliphatic heterocycles. The maximum absolute atomic E-state index is 10.5. The van der Waals surface area contributed by atoms with Crippen molar-refractivity contribution in [3.05, 3.63) is 28.3 Å². The van der Waals surface area contributed by atoms with Gasteiger partial charge in [-0.2, -0.15) is 0 Å². The van der Waals surface area contributed by atoms with E-state index in [1.54, 1.807) is 0 Å². The molecule has 6 heteroatoms. The van der Waals surface area contributed by atoms with E-state index in [0.29, 0.717) is 19.0 Å². The molecule has 1 rings (SSSR count). The first-order valence-corrected chi connectivity index (χ1v) is 4.24. The third-order valence-corrected chi connectivity index (χ3v) is 1.70. The summed E-state index contributed by atoms with van der Waals surface area (Å²) < 4.78 is 9.91. The van der Waals surface area contributed by atoms with E-state index in [2.05, 4.69) is 0 Å². The number of hydrogen-bond acceptors (Lipinski definition) is 5. The molecule has 0 aromatic heterocycles. The molecule has 15 heavy (non-hydrogen) atoms. The van der Waals surface area contributed by atoms with E-state index < -0.39 is 4.92 Å². The van der Waals surface area contributed by atoms with Crippen molar-refractivity contribution in [2.24, 2.45) is 0 Å². The summed E-state index contributed by atoms with van der Waals surface area (Å²) in [7, 11) is 1.53. The van der Waals surface area contributed by atoms with E-state index >= 15 is 0 Å². The highest BCUT2D eigenvalue weighted by atomic mass is 16.6. The van der Waals surface area contributed by atoms with Crippen LogP contribution < -0.4 is 4.74 Å². The third kappa shape index (κ3) is 3.10. The largest absolute Gasteiger partial charge is 0.502 e. The Bertz CT molecular complexity index is 352. The van der Waals surface area contributed by atoms with Crippen LogP contribution in [0.15, 0.2) is 18.2 Å². The van der Waals surface area contributed by atoms with Crippen LogP contribution in [-0.2, 0) is 4.74 Å². The van der Waals surface area contributed by atoms with Gasteiger partial charge in [0, 0.05) is 7.11 Å². The number of phenols is 1. The SMILES string of the molecule is COCCOc1ccc(O)c([N+](=O)[O-])c1. The molecule has 0 aliphatic rings. The van der Waals surface area contributed by atoms with Crippen LogP contribution in [-0.4, -0.2) is 30.4 Å². The van der Waals surface area contributed by atoms with E-state index in [4.69, 9.17) is 14.6 Å². The summed E-state index contributed by atoms with van der Waals surface area (Å²) in [6, 6.07) is 3.85. The molecule has 0 spiro atoms. The number of nitro benzene ring substituents is 1. The zero-order chi connectivity index (χ0) is 11.3. The van der Waals surface area contributed by atoms with Gasteiger partial charge in [-0.25, -0.2) is 0 Å². The monoisotopic (exact) mass is 213 g/mol. The third-order valence-electron chi connectivity index (χ3n) is 1.70. The van der Waals surface area contributed by atoms with Crippen LogP contribution in [0.1, 0.15) is 0 Å². The Balaban J connectivity index is 2.74. The summed E-state index contributed by atoms with van der Waals surface area (Å²) in [5.41, 5.74) is -0.370. The van der Waals surface area contributed by atoms with Gasteiger partial charge in [-0.05, 0) is 12.1 Å². The first-order chi connectivity index (χ1) is 7.15. The van der Waals surface area contributed by atoms with Gasteiger partial charge in [-0.15, -0.1) is 0 Å². The van der Waals surface area contributed by atoms with Crippen molar-refractivity contribution in [2.75, 3.05) is 20.3 Å². The fourth-order valence-corrected chi connectivity index (χ4v) is 0.982. The van der Waals surface area contributed by atoms with Gasteiger partial charge in [-0.3, -0.25) is 10.1 Å². The van der Waals surface area contributed by atoms with E-state index in [1.807, 2.05) is 0 Å². The highest BCUT2D eigenvalue weighted by molar-refractivity contribution is 5.49. The first-order valence-electron chi connectivity index (χ1n) is 4.24. The molecule has 0 amide bonds. The molecular weight excluding hydrogens is 202 g/mol. The second kappa shape index (κ2) is 5.16. The van der Waals surface area contributed by atoms with Gasteiger partial charge >= 0.3 is 5.69 Å². The number of benzene rings is 1. The summed E-state index contributed by atoms with van der Waals surface area (Å²) in [4.78, 5) is 9.80. The molecular formula is C9H11NO5. The molecule has 1 aromatic rings. The lowest BCUT2D eigenvalue weighted by molar-refractivity contribution is -0.385. The normalized spacial score (nSPS) is 9.93. The molecule has 1 N–H and O–H groups in total. The maximum atomic E-state index is 10.5. The second-order valence-corrected chi connectivity index (χ2v) is 2.75. The molecule has 6 nitrogen and oxygen atoms in total. The van der Waals surface area contributed by atoms with Crippen molar-refractivity contribution in [1.82, 2.24) is 0 Å². The molecule has 0 saturated heterocycles. The molecule has 82 valence electrons. The summed E-state index contributed by atoms with van der Waals surface area (Å²) in [6.07, 6.45) is 0. The van der Waals surface area contributed by atoms with Crippen LogP contribution in [0.3, 0.4) is 0 Å². The highest BCUT2D eigenvalue weighted by Crippen LogP contribution is 2.29. The first kappa shape index (κ1) is 11.3. The Kier molecular flexibility index (Phi) is 3.87. The minimum Gasteiger partial charge on any atom is -0.502 e. The van der Waals surface area contributed by atoms with Gasteiger partial charge in [0.2, 0.25) is 0 Å². The topological polar surface area (TPSA) is 81.8 Å². The van der Waals surface area contributed by atoms with Gasteiger partial charge in [0.15, 0.2) is 5.75 Å². The van der Waals surface area contributed by atoms with Gasteiger partial charge < -0.3 is 14.6 Å².